The number of nitrogens with one attached hydrogen (secondary N) is 1. The van der Waals surface area contributed by atoms with Gasteiger partial charge in [-0.1, -0.05) is 0 Å². The minimum Gasteiger partial charge on any atom is -0.489 e. The Bertz CT molecular complexity index is 988. The fraction of sp³-hybridized carbons (Fsp3) is 0.565. The molecule has 3 aliphatic rings. The molecule has 2 atom stereocenters. The van der Waals surface area contributed by atoms with Crippen molar-refractivity contribution in [3.05, 3.63) is 23.8 Å². The summed E-state index contributed by atoms with van der Waals surface area (Å²) in [5.41, 5.74) is 0.732. The molecule has 0 spiro atoms. The molecule has 0 radical (unpaired) electrons. The highest BCUT2D eigenvalue weighted by Gasteiger charge is 2.37. The molecular weight excluding hydrogens is 428 g/mol. The SMILES string of the molecule is CN(C(=O)c1ccc2c(c1)OC[C@@H]1CN(C(=O)OC(C)(C)C)CCN21)C1CCC(=O)NC1=O. The molecule has 1 aromatic carbocycles. The molecule has 3 heterocycles. The van der Waals surface area contributed by atoms with E-state index in [1.807, 2.05) is 26.8 Å². The summed E-state index contributed by atoms with van der Waals surface area (Å²) in [6, 6.07) is 4.56. The van der Waals surface area contributed by atoms with Gasteiger partial charge < -0.3 is 24.2 Å². The quantitative estimate of drug-likeness (QED) is 0.667. The number of imide groups is 1. The first-order valence-corrected chi connectivity index (χ1v) is 11.2. The predicted octanol–water partition coefficient (Wildman–Crippen LogP) is 1.38. The highest BCUT2D eigenvalue weighted by molar-refractivity contribution is 6.04. The third kappa shape index (κ3) is 4.74. The van der Waals surface area contributed by atoms with Crippen LogP contribution < -0.4 is 15.0 Å². The molecule has 4 amide bonds. The molecule has 33 heavy (non-hydrogen) atoms. The van der Waals surface area contributed by atoms with Gasteiger partial charge in [-0.05, 0) is 45.4 Å². The molecule has 0 aliphatic carbocycles. The zero-order valence-electron chi connectivity index (χ0n) is 19.4. The minimum atomic E-state index is -0.683. The Kier molecular flexibility index (Phi) is 5.94. The Balaban J connectivity index is 1.44. The number of carbonyl (C=O) groups is 4. The van der Waals surface area contributed by atoms with Crippen LogP contribution in [0.2, 0.25) is 0 Å². The highest BCUT2D eigenvalue weighted by atomic mass is 16.6. The summed E-state index contributed by atoms with van der Waals surface area (Å²) in [4.78, 5) is 54.2. The Hall–Kier alpha value is -3.30. The molecule has 178 valence electrons. The number of piperazine rings is 1. The van der Waals surface area contributed by atoms with Crippen molar-refractivity contribution in [1.29, 1.82) is 0 Å². The van der Waals surface area contributed by atoms with Crippen LogP contribution in [0.3, 0.4) is 0 Å². The lowest BCUT2D eigenvalue weighted by Gasteiger charge is -2.45. The van der Waals surface area contributed by atoms with Crippen molar-refractivity contribution in [2.45, 2.75) is 51.3 Å². The molecule has 0 aromatic heterocycles. The van der Waals surface area contributed by atoms with E-state index >= 15 is 0 Å². The van der Waals surface area contributed by atoms with Crippen molar-refractivity contribution < 1.29 is 28.7 Å². The maximum Gasteiger partial charge on any atom is 0.410 e. The summed E-state index contributed by atoms with van der Waals surface area (Å²) in [7, 11) is 1.56. The van der Waals surface area contributed by atoms with Crippen molar-refractivity contribution in [1.82, 2.24) is 15.1 Å². The van der Waals surface area contributed by atoms with Gasteiger partial charge in [-0.25, -0.2) is 4.79 Å². The van der Waals surface area contributed by atoms with Gasteiger partial charge in [-0.2, -0.15) is 0 Å². The maximum atomic E-state index is 13.0. The molecule has 1 N–H and O–H groups in total. The second kappa shape index (κ2) is 8.57. The van der Waals surface area contributed by atoms with E-state index in [4.69, 9.17) is 9.47 Å². The van der Waals surface area contributed by atoms with Gasteiger partial charge in [-0.3, -0.25) is 19.7 Å². The average Bonchev–Trinajstić information content (AvgIpc) is 2.76. The molecule has 1 unspecified atom stereocenters. The lowest BCUT2D eigenvalue weighted by Crippen LogP contribution is -2.59. The van der Waals surface area contributed by atoms with Crippen molar-refractivity contribution in [3.63, 3.8) is 0 Å². The van der Waals surface area contributed by atoms with Crippen molar-refractivity contribution in [2.24, 2.45) is 0 Å². The number of ether oxygens (including phenoxy) is 2. The van der Waals surface area contributed by atoms with Crippen LogP contribution >= 0.6 is 0 Å². The summed E-state index contributed by atoms with van der Waals surface area (Å²) < 4.78 is 11.5. The highest BCUT2D eigenvalue weighted by Crippen LogP contribution is 2.36. The first-order chi connectivity index (χ1) is 15.5. The topological polar surface area (TPSA) is 108 Å². The number of benzene rings is 1. The Morgan fingerprint density at radius 2 is 1.97 bits per heavy atom. The fourth-order valence-electron chi connectivity index (χ4n) is 4.39. The monoisotopic (exact) mass is 458 g/mol. The molecule has 2 saturated heterocycles. The molecule has 0 saturated carbocycles. The van der Waals surface area contributed by atoms with Crippen LogP contribution in [0.4, 0.5) is 10.5 Å². The first kappa shape index (κ1) is 22.9. The predicted molar refractivity (Wildman–Crippen MR) is 119 cm³/mol. The number of fused-ring (bicyclic) bond motifs is 3. The Morgan fingerprint density at radius 1 is 1.21 bits per heavy atom. The average molecular weight is 459 g/mol. The van der Waals surface area contributed by atoms with Crippen LogP contribution in [0, 0.1) is 0 Å². The third-order valence-electron chi connectivity index (χ3n) is 6.08. The number of anilines is 1. The van der Waals surface area contributed by atoms with E-state index in [1.54, 1.807) is 24.1 Å². The summed E-state index contributed by atoms with van der Waals surface area (Å²) in [5.74, 6) is -0.491. The number of amides is 4. The van der Waals surface area contributed by atoms with Gasteiger partial charge in [0, 0.05) is 38.7 Å². The van der Waals surface area contributed by atoms with Crippen LogP contribution in [0.25, 0.3) is 0 Å². The van der Waals surface area contributed by atoms with Gasteiger partial charge in [0.25, 0.3) is 5.91 Å². The minimum absolute atomic E-state index is 0.00790. The lowest BCUT2D eigenvalue weighted by atomic mass is 10.0. The number of nitrogens with zero attached hydrogens (tertiary/aromatic N) is 3. The summed E-state index contributed by atoms with van der Waals surface area (Å²) in [6.45, 7) is 7.57. The molecule has 10 nitrogen and oxygen atoms in total. The van der Waals surface area contributed by atoms with Gasteiger partial charge in [0.1, 0.15) is 24.0 Å². The van der Waals surface area contributed by atoms with E-state index in [9.17, 15) is 19.2 Å². The smallest absolute Gasteiger partial charge is 0.410 e. The Labute approximate surface area is 192 Å². The zero-order valence-corrected chi connectivity index (χ0v) is 19.4. The number of hydrogen-bond donors (Lipinski definition) is 1. The van der Waals surface area contributed by atoms with E-state index in [0.29, 0.717) is 44.0 Å². The number of carbonyl (C=O) groups excluding carboxylic acids is 4. The van der Waals surface area contributed by atoms with Crippen LogP contribution in [0.15, 0.2) is 18.2 Å². The molecule has 4 rings (SSSR count). The Morgan fingerprint density at radius 3 is 2.67 bits per heavy atom. The number of rotatable bonds is 2. The second-order valence-corrected chi connectivity index (χ2v) is 9.65. The van der Waals surface area contributed by atoms with Crippen LogP contribution in [0.1, 0.15) is 44.0 Å². The van der Waals surface area contributed by atoms with Crippen LogP contribution in [-0.2, 0) is 14.3 Å². The van der Waals surface area contributed by atoms with E-state index < -0.39 is 17.6 Å². The first-order valence-electron chi connectivity index (χ1n) is 11.2. The summed E-state index contributed by atoms with van der Waals surface area (Å²) in [5, 5.41) is 2.28. The fourth-order valence-corrected chi connectivity index (χ4v) is 4.39. The largest absolute Gasteiger partial charge is 0.489 e. The molecule has 10 heteroatoms. The molecule has 0 bridgehead atoms. The van der Waals surface area contributed by atoms with Crippen molar-refractivity contribution in [2.75, 3.05) is 38.2 Å². The van der Waals surface area contributed by atoms with E-state index in [0.717, 1.165) is 5.69 Å². The number of likely N-dealkylation sites (N-methyl/N-ethyl adjacent to an activating group) is 1. The van der Waals surface area contributed by atoms with Crippen molar-refractivity contribution in [3.8, 4) is 5.75 Å². The van der Waals surface area contributed by atoms with Gasteiger partial charge in [0.2, 0.25) is 11.8 Å². The summed E-state index contributed by atoms with van der Waals surface area (Å²) in [6.07, 6.45) is 0.182. The van der Waals surface area contributed by atoms with Gasteiger partial charge in [0.05, 0.1) is 11.7 Å². The normalized spacial score (nSPS) is 22.5. The second-order valence-electron chi connectivity index (χ2n) is 9.65. The van der Waals surface area contributed by atoms with E-state index in [-0.39, 0.29) is 30.4 Å². The van der Waals surface area contributed by atoms with Gasteiger partial charge in [-0.15, -0.1) is 0 Å². The van der Waals surface area contributed by atoms with E-state index in [1.165, 1.54) is 4.90 Å². The lowest BCUT2D eigenvalue weighted by molar-refractivity contribution is -0.136. The van der Waals surface area contributed by atoms with Gasteiger partial charge >= 0.3 is 6.09 Å². The van der Waals surface area contributed by atoms with Gasteiger partial charge in [0.15, 0.2) is 0 Å². The molecular formula is C23H30N4O6. The van der Waals surface area contributed by atoms with E-state index in [2.05, 4.69) is 10.2 Å². The van der Waals surface area contributed by atoms with Crippen LogP contribution in [0.5, 0.6) is 5.75 Å². The maximum absolute atomic E-state index is 13.0. The molecule has 2 fully saturated rings. The molecule has 1 aromatic rings. The van der Waals surface area contributed by atoms with Crippen molar-refractivity contribution >= 4 is 29.5 Å². The zero-order chi connectivity index (χ0) is 23.9. The molecule has 3 aliphatic heterocycles. The number of piperidine rings is 1. The number of hydrogen-bond acceptors (Lipinski definition) is 7. The van der Waals surface area contributed by atoms with Crippen LogP contribution in [-0.4, -0.2) is 84.6 Å². The summed E-state index contributed by atoms with van der Waals surface area (Å²) >= 11 is 0. The third-order valence-corrected chi connectivity index (χ3v) is 6.08. The standard InChI is InChI=1S/C23H30N4O6/c1-23(2,3)33-22(31)26-9-10-27-15(12-26)13-32-18-11-14(5-6-16(18)27)21(30)25(4)17-7-8-19(28)24-20(17)29/h5-6,11,15,17H,7-10,12-13H2,1-4H3,(H,24,28,29)/t15-,17?/m0/s1.